The van der Waals surface area contributed by atoms with Crippen LogP contribution < -0.4 is 0 Å². The SMILES string of the molecule is C[C@H]1O[C@H](O[C@@H]2[C@@H](O)[C@H](OC3CC[C@]4(C)[C@H]5CC=C6[C@@H]7C[C@@](C)(CO)CC[C@]7(C(=O)O[C@@H]7O[C@H](CO)[C@@H](O)[C@H](O)[C@H]7O)CC[C@@]6(C)[C@]5(C)CC[C@H]4C3(C)C)O[C@H](CO)[C@H]2O)[C@@H](O)[C@@H](O)[C@@H]1O. The normalized spacial score (nSPS) is 54.8. The molecule has 0 amide bonds. The first-order valence-corrected chi connectivity index (χ1v) is 24.3. The van der Waals surface area contributed by atoms with E-state index in [1.165, 1.54) is 12.5 Å². The maximum atomic E-state index is 14.7. The molecule has 18 heteroatoms. The Kier molecular flexibility index (Phi) is 13.9. The molecule has 66 heavy (non-hydrogen) atoms. The second-order valence-corrected chi connectivity index (χ2v) is 23.3. The molecule has 0 radical (unpaired) electrons. The van der Waals surface area contributed by atoms with E-state index >= 15 is 0 Å². The minimum Gasteiger partial charge on any atom is -0.432 e. The van der Waals surface area contributed by atoms with Gasteiger partial charge in [0.15, 0.2) is 12.6 Å². The fourth-order valence-electron chi connectivity index (χ4n) is 15.0. The van der Waals surface area contributed by atoms with Crippen LogP contribution in [0.3, 0.4) is 0 Å². The lowest BCUT2D eigenvalue weighted by Gasteiger charge is -2.71. The number of aliphatic hydroxyl groups excluding tert-OH is 11. The van der Waals surface area contributed by atoms with Crippen molar-refractivity contribution in [2.75, 3.05) is 19.8 Å². The van der Waals surface area contributed by atoms with Gasteiger partial charge in [-0.05, 0) is 116 Å². The first kappa shape index (κ1) is 50.9. The summed E-state index contributed by atoms with van der Waals surface area (Å²) >= 11 is 0. The van der Waals surface area contributed by atoms with Crippen LogP contribution in [-0.2, 0) is 33.2 Å². The Morgan fingerprint density at radius 3 is 1.92 bits per heavy atom. The van der Waals surface area contributed by atoms with Crippen LogP contribution in [0.5, 0.6) is 0 Å². The monoisotopic (exact) mass is 943 g/mol. The minimum absolute atomic E-state index is 0.0480. The Bertz CT molecular complexity index is 1800. The maximum absolute atomic E-state index is 14.7. The fraction of sp³-hybridized carbons (Fsp3) is 0.938. The molecule has 4 saturated carbocycles. The van der Waals surface area contributed by atoms with Crippen molar-refractivity contribution in [1.29, 1.82) is 0 Å². The van der Waals surface area contributed by atoms with Crippen LogP contribution in [-0.4, -0.2) is 180 Å². The number of allylic oxidation sites excluding steroid dienone is 2. The number of ether oxygens (including phenoxy) is 6. The number of carbonyl (C=O) groups excluding carboxylic acids is 1. The van der Waals surface area contributed by atoms with Crippen LogP contribution in [0.15, 0.2) is 11.6 Å². The Morgan fingerprint density at radius 2 is 1.26 bits per heavy atom. The number of esters is 1. The molecule has 7 fully saturated rings. The van der Waals surface area contributed by atoms with Gasteiger partial charge in [-0.3, -0.25) is 4.79 Å². The summed E-state index contributed by atoms with van der Waals surface area (Å²) in [4.78, 5) is 14.7. The average Bonchev–Trinajstić information content (AvgIpc) is 3.28. The van der Waals surface area contributed by atoms with Crippen LogP contribution in [0.25, 0.3) is 0 Å². The minimum atomic E-state index is -1.72. The summed E-state index contributed by atoms with van der Waals surface area (Å²) in [5.41, 5.74) is -1.39. The molecule has 5 aliphatic carbocycles. The number of hydrogen-bond acceptors (Lipinski definition) is 18. The molecule has 8 rings (SSSR count). The first-order valence-electron chi connectivity index (χ1n) is 24.3. The summed E-state index contributed by atoms with van der Waals surface area (Å²) in [5.74, 6) is -0.440. The largest absolute Gasteiger partial charge is 0.432 e. The Labute approximate surface area is 387 Å². The average molecular weight is 943 g/mol. The third-order valence-corrected chi connectivity index (χ3v) is 19.5. The molecule has 0 aromatic rings. The summed E-state index contributed by atoms with van der Waals surface area (Å²) < 4.78 is 35.9. The molecule has 3 aliphatic heterocycles. The van der Waals surface area contributed by atoms with E-state index in [0.717, 1.165) is 25.7 Å². The van der Waals surface area contributed by atoms with E-state index in [1.54, 1.807) is 0 Å². The van der Waals surface area contributed by atoms with Crippen molar-refractivity contribution in [3.8, 4) is 0 Å². The van der Waals surface area contributed by atoms with Gasteiger partial charge in [-0.2, -0.15) is 0 Å². The molecule has 18 nitrogen and oxygen atoms in total. The molecule has 1 unspecified atom stereocenters. The fourth-order valence-corrected chi connectivity index (χ4v) is 15.0. The number of fused-ring (bicyclic) bond motifs is 7. The zero-order chi connectivity index (χ0) is 48.3. The van der Waals surface area contributed by atoms with Gasteiger partial charge in [0.1, 0.15) is 67.1 Å². The van der Waals surface area contributed by atoms with E-state index in [4.69, 9.17) is 28.4 Å². The second kappa shape index (κ2) is 18.0. The molecule has 0 bridgehead atoms. The van der Waals surface area contributed by atoms with Crippen molar-refractivity contribution in [2.45, 2.75) is 211 Å². The molecule has 24 atom stereocenters. The van der Waals surface area contributed by atoms with Crippen molar-refractivity contribution in [1.82, 2.24) is 0 Å². The molecule has 378 valence electrons. The van der Waals surface area contributed by atoms with Crippen LogP contribution in [0, 0.1) is 50.2 Å². The zero-order valence-corrected chi connectivity index (χ0v) is 39.5. The quantitative estimate of drug-likeness (QED) is 0.0833. The van der Waals surface area contributed by atoms with E-state index in [1.807, 2.05) is 0 Å². The Balaban J connectivity index is 1.03. The van der Waals surface area contributed by atoms with Gasteiger partial charge in [-0.25, -0.2) is 0 Å². The van der Waals surface area contributed by atoms with E-state index < -0.39 is 134 Å². The predicted molar refractivity (Wildman–Crippen MR) is 230 cm³/mol. The van der Waals surface area contributed by atoms with E-state index in [2.05, 4.69) is 47.6 Å². The van der Waals surface area contributed by atoms with Gasteiger partial charge >= 0.3 is 5.97 Å². The number of aliphatic hydroxyl groups is 11. The highest BCUT2D eigenvalue weighted by Crippen LogP contribution is 2.76. The lowest BCUT2D eigenvalue weighted by Crippen LogP contribution is -2.67. The van der Waals surface area contributed by atoms with Gasteiger partial charge in [-0.1, -0.05) is 53.2 Å². The number of hydrogen-bond donors (Lipinski definition) is 11. The summed E-state index contributed by atoms with van der Waals surface area (Å²) in [6.07, 6.45) is -13.4. The van der Waals surface area contributed by atoms with Gasteiger partial charge < -0.3 is 84.6 Å². The molecule has 8 aliphatic rings. The molecule has 11 N–H and O–H groups in total. The summed E-state index contributed by atoms with van der Waals surface area (Å²) in [7, 11) is 0. The lowest BCUT2D eigenvalue weighted by molar-refractivity contribution is -0.367. The van der Waals surface area contributed by atoms with Crippen LogP contribution in [0.2, 0.25) is 0 Å². The second-order valence-electron chi connectivity index (χ2n) is 23.3. The van der Waals surface area contributed by atoms with Crippen molar-refractivity contribution in [3.05, 3.63) is 11.6 Å². The molecule has 3 saturated heterocycles. The van der Waals surface area contributed by atoms with Gasteiger partial charge in [0.25, 0.3) is 0 Å². The van der Waals surface area contributed by atoms with Crippen LogP contribution >= 0.6 is 0 Å². The van der Waals surface area contributed by atoms with Gasteiger partial charge in [0.05, 0.1) is 30.8 Å². The van der Waals surface area contributed by atoms with Crippen molar-refractivity contribution < 1.29 is 89.4 Å². The van der Waals surface area contributed by atoms with Crippen LogP contribution in [0.4, 0.5) is 0 Å². The molecule has 0 spiro atoms. The third-order valence-electron chi connectivity index (χ3n) is 19.5. The number of carbonyl (C=O) groups is 1. The summed E-state index contributed by atoms with van der Waals surface area (Å²) in [5, 5.41) is 117. The highest BCUT2D eigenvalue weighted by atomic mass is 16.7. The van der Waals surface area contributed by atoms with Crippen molar-refractivity contribution in [2.24, 2.45) is 50.2 Å². The van der Waals surface area contributed by atoms with Gasteiger partial charge in [0, 0.05) is 6.61 Å². The van der Waals surface area contributed by atoms with E-state index in [9.17, 15) is 61.0 Å². The lowest BCUT2D eigenvalue weighted by atomic mass is 9.33. The highest BCUT2D eigenvalue weighted by molar-refractivity contribution is 5.79. The first-order chi connectivity index (χ1) is 30.9. The summed E-state index contributed by atoms with van der Waals surface area (Å²) in [6.45, 7) is 13.7. The summed E-state index contributed by atoms with van der Waals surface area (Å²) in [6, 6.07) is 0. The predicted octanol–water partition coefficient (Wildman–Crippen LogP) is 0.141. The third kappa shape index (κ3) is 7.78. The molecule has 0 aromatic carbocycles. The Morgan fingerprint density at radius 1 is 0.652 bits per heavy atom. The standard InChI is InChI=1S/C48H78O18/c1-22-30(52)33(55)35(57)39(61-22)65-38-32(54)26(20-50)63-41(37(38)59)64-29-11-12-45(5)27(43(29,2)3)10-13-47(7)28(45)9-8-23-24-18-44(4,21-51)14-16-48(24,17-15-46(23,47)6)42(60)66-40-36(58)34(56)31(53)25(19-49)62-40/h8,22,24-41,49-59H,9-21H2,1-7H3/t22-,24+,25-,26-,27+,28-,29?,30-,31-,32-,33+,34+,35+,36-,37-,38+,39-,40+,41+,44+,45+,46-,47-,48+/m1/s1. The molecule has 3 heterocycles. The number of rotatable bonds is 9. The van der Waals surface area contributed by atoms with E-state index in [0.29, 0.717) is 38.5 Å². The Hall–Kier alpha value is -1.43. The topological polar surface area (TPSA) is 295 Å². The van der Waals surface area contributed by atoms with Crippen molar-refractivity contribution >= 4 is 5.97 Å². The molecular formula is C48H78O18. The van der Waals surface area contributed by atoms with Crippen LogP contribution in [0.1, 0.15) is 113 Å². The molecule has 0 aromatic heterocycles. The molecular weight excluding hydrogens is 865 g/mol. The van der Waals surface area contributed by atoms with E-state index in [-0.39, 0.29) is 40.6 Å². The smallest absolute Gasteiger partial charge is 0.315 e. The van der Waals surface area contributed by atoms with Gasteiger partial charge in [-0.15, -0.1) is 0 Å². The van der Waals surface area contributed by atoms with Crippen molar-refractivity contribution in [3.63, 3.8) is 0 Å². The zero-order valence-electron chi connectivity index (χ0n) is 39.5. The van der Waals surface area contributed by atoms with Gasteiger partial charge in [0.2, 0.25) is 6.29 Å². The maximum Gasteiger partial charge on any atom is 0.315 e. The highest BCUT2D eigenvalue weighted by Gasteiger charge is 2.70.